The number of likely N-dealkylation sites (tertiary alicyclic amines) is 1. The van der Waals surface area contributed by atoms with Gasteiger partial charge in [-0.2, -0.15) is 13.5 Å². The monoisotopic (exact) mass is 300 g/mol. The first kappa shape index (κ1) is 14.2. The Labute approximate surface area is 114 Å². The Bertz CT molecular complexity index is 676. The molecule has 1 aliphatic carbocycles. The van der Waals surface area contributed by atoms with E-state index in [1.165, 1.54) is 24.1 Å². The lowest BCUT2D eigenvalue weighted by atomic mass is 10.0. The molecule has 1 heterocycles. The zero-order valence-corrected chi connectivity index (χ0v) is 11.2. The standard InChI is InChI=1S/C10H12N4O5S/c1-14-7-4-8(15)6(12-13-10(11)16)2-5(7)3-9(14)20(17,18)19/h2,4,9H,3H2,1H3,(H3,11,13,16)(H,17,18,19)/b12-6-. The number of likely N-dealkylation sites (N-methyl/N-ethyl adjacent to an activating group) is 1. The Morgan fingerprint density at radius 1 is 1.55 bits per heavy atom. The van der Waals surface area contributed by atoms with Crippen LogP contribution in [0.25, 0.3) is 0 Å². The molecule has 10 heteroatoms. The molecule has 0 bridgehead atoms. The molecular weight excluding hydrogens is 288 g/mol. The highest BCUT2D eigenvalue weighted by atomic mass is 32.2. The lowest BCUT2D eigenvalue weighted by Gasteiger charge is -2.20. The molecule has 1 saturated heterocycles. The van der Waals surface area contributed by atoms with Gasteiger partial charge in [-0.1, -0.05) is 0 Å². The Hall–Kier alpha value is -2.20. The van der Waals surface area contributed by atoms with Crippen LogP contribution in [0.1, 0.15) is 6.42 Å². The van der Waals surface area contributed by atoms with E-state index in [0.29, 0.717) is 11.3 Å². The first-order valence-electron chi connectivity index (χ1n) is 5.49. The molecule has 20 heavy (non-hydrogen) atoms. The van der Waals surface area contributed by atoms with Gasteiger partial charge in [0.1, 0.15) is 5.71 Å². The summed E-state index contributed by atoms with van der Waals surface area (Å²) < 4.78 is 31.6. The minimum absolute atomic E-state index is 0.0179. The second-order valence-electron chi connectivity index (χ2n) is 4.32. The van der Waals surface area contributed by atoms with Crippen molar-refractivity contribution in [3.63, 3.8) is 0 Å². The summed E-state index contributed by atoms with van der Waals surface area (Å²) in [4.78, 5) is 23.6. The number of nitrogens with zero attached hydrogens (tertiary/aromatic N) is 2. The van der Waals surface area contributed by atoms with E-state index in [9.17, 15) is 18.0 Å². The van der Waals surface area contributed by atoms with Crippen molar-refractivity contribution < 1.29 is 22.6 Å². The topological polar surface area (TPSA) is 142 Å². The van der Waals surface area contributed by atoms with Gasteiger partial charge in [0.15, 0.2) is 5.37 Å². The summed E-state index contributed by atoms with van der Waals surface area (Å²) in [6.45, 7) is 0. The number of hydrogen-bond donors (Lipinski definition) is 3. The third-order valence-corrected chi connectivity index (χ3v) is 4.17. The van der Waals surface area contributed by atoms with Gasteiger partial charge >= 0.3 is 6.03 Å². The van der Waals surface area contributed by atoms with Crippen LogP contribution >= 0.6 is 0 Å². The number of fused-ring (bicyclic) bond motifs is 1. The first-order chi connectivity index (χ1) is 9.20. The Balaban J connectivity index is 2.36. The average Bonchev–Trinajstić information content (AvgIpc) is 2.63. The Kier molecular flexibility index (Phi) is 3.36. The van der Waals surface area contributed by atoms with Gasteiger partial charge in [-0.25, -0.2) is 10.2 Å². The average molecular weight is 300 g/mol. The zero-order chi connectivity index (χ0) is 15.1. The third-order valence-electron chi connectivity index (χ3n) is 3.00. The van der Waals surface area contributed by atoms with Gasteiger partial charge in [0.2, 0.25) is 5.78 Å². The van der Waals surface area contributed by atoms with E-state index in [2.05, 4.69) is 5.10 Å². The second kappa shape index (κ2) is 4.72. The predicted molar refractivity (Wildman–Crippen MR) is 69.0 cm³/mol. The number of carbonyl (C=O) groups excluding carboxylic acids is 2. The highest BCUT2D eigenvalue weighted by Crippen LogP contribution is 2.35. The maximum absolute atomic E-state index is 11.8. The van der Waals surface area contributed by atoms with Crippen molar-refractivity contribution in [2.75, 3.05) is 7.05 Å². The van der Waals surface area contributed by atoms with Crippen LogP contribution in [0.4, 0.5) is 4.79 Å². The molecular formula is C10H12N4O5S. The van der Waals surface area contributed by atoms with Gasteiger partial charge in [0, 0.05) is 25.2 Å². The number of allylic oxidation sites excluding steroid dienone is 3. The fraction of sp³-hybridized carbons (Fsp3) is 0.300. The number of nitrogens with two attached hydrogens (primary N) is 1. The maximum Gasteiger partial charge on any atom is 0.332 e. The molecule has 1 aliphatic heterocycles. The normalized spacial score (nSPS) is 24.3. The van der Waals surface area contributed by atoms with E-state index in [-0.39, 0.29) is 12.1 Å². The summed E-state index contributed by atoms with van der Waals surface area (Å²) in [6, 6.07) is -0.919. The van der Waals surface area contributed by atoms with Gasteiger partial charge in [0.25, 0.3) is 10.1 Å². The minimum atomic E-state index is -4.27. The highest BCUT2D eigenvalue weighted by Gasteiger charge is 2.39. The van der Waals surface area contributed by atoms with Crippen molar-refractivity contribution in [2.45, 2.75) is 11.8 Å². The largest absolute Gasteiger partial charge is 0.356 e. The third kappa shape index (κ3) is 2.56. The lowest BCUT2D eigenvalue weighted by molar-refractivity contribution is -0.109. The fourth-order valence-electron chi connectivity index (χ4n) is 2.08. The predicted octanol–water partition coefficient (Wildman–Crippen LogP) is -1.05. The molecule has 0 radical (unpaired) electrons. The van der Waals surface area contributed by atoms with Crippen LogP contribution in [0.2, 0.25) is 0 Å². The summed E-state index contributed by atoms with van der Waals surface area (Å²) in [5.41, 5.74) is 7.63. The number of carbonyl (C=O) groups is 2. The van der Waals surface area contributed by atoms with Crippen LogP contribution in [-0.2, 0) is 14.9 Å². The van der Waals surface area contributed by atoms with E-state index in [1.54, 1.807) is 0 Å². The summed E-state index contributed by atoms with van der Waals surface area (Å²) in [6.07, 6.45) is 2.57. The molecule has 9 nitrogen and oxygen atoms in total. The molecule has 0 aromatic rings. The minimum Gasteiger partial charge on any atom is -0.356 e. The Morgan fingerprint density at radius 3 is 2.75 bits per heavy atom. The van der Waals surface area contributed by atoms with Crippen LogP contribution in [-0.4, -0.2) is 47.8 Å². The van der Waals surface area contributed by atoms with Gasteiger partial charge in [-0.05, 0) is 11.6 Å². The molecule has 2 rings (SSSR count). The van der Waals surface area contributed by atoms with E-state index in [1.807, 2.05) is 5.43 Å². The molecule has 0 spiro atoms. The van der Waals surface area contributed by atoms with Crippen molar-refractivity contribution in [1.82, 2.24) is 10.3 Å². The van der Waals surface area contributed by atoms with E-state index < -0.39 is 27.3 Å². The van der Waals surface area contributed by atoms with Crippen molar-refractivity contribution >= 4 is 27.6 Å². The quantitative estimate of drug-likeness (QED) is 0.337. The van der Waals surface area contributed by atoms with Crippen LogP contribution < -0.4 is 11.2 Å². The van der Waals surface area contributed by atoms with Gasteiger partial charge in [-0.15, -0.1) is 0 Å². The molecule has 4 N–H and O–H groups in total. The number of hydrogen-bond acceptors (Lipinski definition) is 6. The first-order valence-corrected chi connectivity index (χ1v) is 6.99. The van der Waals surface area contributed by atoms with Crippen LogP contribution in [0.5, 0.6) is 0 Å². The Morgan fingerprint density at radius 2 is 2.20 bits per heavy atom. The number of amides is 2. The molecule has 0 aromatic carbocycles. The van der Waals surface area contributed by atoms with E-state index in [4.69, 9.17) is 10.3 Å². The molecule has 2 amide bonds. The van der Waals surface area contributed by atoms with Gasteiger partial charge < -0.3 is 10.6 Å². The summed E-state index contributed by atoms with van der Waals surface area (Å²) >= 11 is 0. The molecule has 0 aromatic heterocycles. The maximum atomic E-state index is 11.8. The summed E-state index contributed by atoms with van der Waals surface area (Å²) in [7, 11) is -2.81. The van der Waals surface area contributed by atoms with E-state index in [0.717, 1.165) is 0 Å². The molecule has 0 saturated carbocycles. The van der Waals surface area contributed by atoms with Crippen molar-refractivity contribution in [2.24, 2.45) is 10.8 Å². The van der Waals surface area contributed by atoms with E-state index >= 15 is 0 Å². The number of hydrazone groups is 1. The number of primary amides is 1. The van der Waals surface area contributed by atoms with Crippen molar-refractivity contribution in [1.29, 1.82) is 0 Å². The van der Waals surface area contributed by atoms with Gasteiger partial charge in [0.05, 0.1) is 0 Å². The second-order valence-corrected chi connectivity index (χ2v) is 5.90. The summed E-state index contributed by atoms with van der Waals surface area (Å²) in [5.74, 6) is -0.500. The van der Waals surface area contributed by atoms with Crippen LogP contribution in [0, 0.1) is 0 Å². The van der Waals surface area contributed by atoms with Crippen LogP contribution in [0.3, 0.4) is 0 Å². The smallest absolute Gasteiger partial charge is 0.332 e. The SMILES string of the molecule is CN1C2=CC(=O)/C(=N\NC(N)=O)C=C2CC1S(=O)(=O)O. The van der Waals surface area contributed by atoms with Crippen molar-refractivity contribution in [3.8, 4) is 0 Å². The molecule has 1 unspecified atom stereocenters. The molecule has 2 aliphatic rings. The van der Waals surface area contributed by atoms with Crippen molar-refractivity contribution in [3.05, 3.63) is 23.4 Å². The number of nitrogens with one attached hydrogen (secondary N) is 1. The highest BCUT2D eigenvalue weighted by molar-refractivity contribution is 7.86. The van der Waals surface area contributed by atoms with Gasteiger partial charge in [-0.3, -0.25) is 9.35 Å². The molecule has 108 valence electrons. The number of urea groups is 1. The fourth-order valence-corrected chi connectivity index (χ4v) is 2.98. The van der Waals surface area contributed by atoms with Crippen LogP contribution in [0.15, 0.2) is 28.5 Å². The molecule has 1 atom stereocenters. The molecule has 1 fully saturated rings. The lowest BCUT2D eigenvalue weighted by Crippen LogP contribution is -2.32. The zero-order valence-electron chi connectivity index (χ0n) is 10.4. The summed E-state index contributed by atoms with van der Waals surface area (Å²) in [5, 5.41) is 2.39. The number of rotatable bonds is 2. The number of ketones is 1.